The number of ether oxygens (including phenoxy) is 1. The van der Waals surface area contributed by atoms with Crippen LogP contribution >= 0.6 is 0 Å². The highest BCUT2D eigenvalue weighted by atomic mass is 16.5. The summed E-state index contributed by atoms with van der Waals surface area (Å²) < 4.78 is 4.88. The molecular weight excluding hydrogens is 300 g/mol. The number of esters is 1. The van der Waals surface area contributed by atoms with E-state index in [1.54, 1.807) is 0 Å². The smallest absolute Gasteiger partial charge is 0.338 e. The van der Waals surface area contributed by atoms with E-state index >= 15 is 0 Å². The minimum absolute atomic E-state index is 0.256. The lowest BCUT2D eigenvalue weighted by Gasteiger charge is -2.35. The molecule has 0 bridgehead atoms. The molecule has 0 atom stereocenters. The topological polar surface area (TPSA) is 32.8 Å². The lowest BCUT2D eigenvalue weighted by Crippen LogP contribution is -2.45. The van der Waals surface area contributed by atoms with Crippen molar-refractivity contribution in [2.24, 2.45) is 0 Å². The molecule has 0 aliphatic carbocycles. The fraction of sp³-hybridized carbons (Fsp3) is 0.350. The van der Waals surface area contributed by atoms with Gasteiger partial charge in [0.05, 0.1) is 12.7 Å². The van der Waals surface area contributed by atoms with Gasteiger partial charge in [0.15, 0.2) is 0 Å². The molecule has 0 saturated carbocycles. The van der Waals surface area contributed by atoms with Gasteiger partial charge in [-0.1, -0.05) is 48.5 Å². The predicted molar refractivity (Wildman–Crippen MR) is 94.8 cm³/mol. The first-order valence-corrected chi connectivity index (χ1v) is 8.41. The van der Waals surface area contributed by atoms with Crippen molar-refractivity contribution >= 4 is 5.97 Å². The second-order valence-electron chi connectivity index (χ2n) is 6.19. The summed E-state index contributed by atoms with van der Waals surface area (Å²) in [4.78, 5) is 16.8. The van der Waals surface area contributed by atoms with E-state index in [1.807, 2.05) is 24.3 Å². The van der Waals surface area contributed by atoms with Crippen molar-refractivity contribution in [3.05, 3.63) is 71.3 Å². The Hall–Kier alpha value is -2.17. The quantitative estimate of drug-likeness (QED) is 0.792. The van der Waals surface area contributed by atoms with Crippen LogP contribution < -0.4 is 0 Å². The van der Waals surface area contributed by atoms with Crippen molar-refractivity contribution in [2.75, 3.05) is 33.3 Å². The largest absolute Gasteiger partial charge is 0.465 e. The summed E-state index contributed by atoms with van der Waals surface area (Å²) in [7, 11) is 1.43. The molecule has 24 heavy (non-hydrogen) atoms. The molecule has 2 aromatic carbocycles. The van der Waals surface area contributed by atoms with Crippen molar-refractivity contribution in [1.82, 2.24) is 9.80 Å². The average Bonchev–Trinajstić information content (AvgIpc) is 2.64. The van der Waals surface area contributed by atoms with Crippen LogP contribution in [0, 0.1) is 0 Å². The molecule has 0 unspecified atom stereocenters. The Labute approximate surface area is 143 Å². The van der Waals surface area contributed by atoms with Gasteiger partial charge in [-0.3, -0.25) is 9.80 Å². The molecule has 3 rings (SSSR count). The number of carbonyl (C=O) groups is 1. The summed E-state index contributed by atoms with van der Waals surface area (Å²) in [5.41, 5.74) is 3.08. The molecule has 2 aromatic rings. The van der Waals surface area contributed by atoms with E-state index in [9.17, 15) is 4.79 Å². The van der Waals surface area contributed by atoms with Gasteiger partial charge in [-0.25, -0.2) is 4.79 Å². The molecule has 1 aliphatic heterocycles. The predicted octanol–water partition coefficient (Wildman–Crippen LogP) is 2.79. The van der Waals surface area contributed by atoms with Gasteiger partial charge in [-0.15, -0.1) is 0 Å². The number of carbonyl (C=O) groups excluding carboxylic acids is 1. The monoisotopic (exact) mass is 324 g/mol. The number of benzene rings is 2. The molecular formula is C20H24N2O2. The summed E-state index contributed by atoms with van der Waals surface area (Å²) in [6, 6.07) is 18.3. The minimum atomic E-state index is -0.256. The molecule has 126 valence electrons. The highest BCUT2D eigenvalue weighted by Gasteiger charge is 2.19. The van der Waals surface area contributed by atoms with Crippen LogP contribution in [0.3, 0.4) is 0 Å². The Balaban J connectivity index is 1.55. The third-order valence-electron chi connectivity index (χ3n) is 4.53. The molecule has 0 aromatic heterocycles. The number of hydrogen-bond acceptors (Lipinski definition) is 4. The van der Waals surface area contributed by atoms with Crippen LogP contribution in [0.5, 0.6) is 0 Å². The first-order chi connectivity index (χ1) is 11.8. The lowest BCUT2D eigenvalue weighted by molar-refractivity contribution is 0.0596. The number of hydrogen-bond donors (Lipinski definition) is 0. The highest BCUT2D eigenvalue weighted by molar-refractivity contribution is 5.90. The molecule has 4 nitrogen and oxygen atoms in total. The Bertz CT molecular complexity index is 664. The summed E-state index contributed by atoms with van der Waals surface area (Å²) in [5.74, 6) is -0.256. The lowest BCUT2D eigenvalue weighted by atomic mass is 10.1. The zero-order valence-corrected chi connectivity index (χ0v) is 14.1. The van der Waals surface area contributed by atoms with E-state index in [-0.39, 0.29) is 5.97 Å². The van der Waals surface area contributed by atoms with E-state index in [0.29, 0.717) is 5.56 Å². The summed E-state index contributed by atoms with van der Waals surface area (Å²) >= 11 is 0. The maximum atomic E-state index is 11.9. The van der Waals surface area contributed by atoms with E-state index in [4.69, 9.17) is 4.74 Å². The van der Waals surface area contributed by atoms with E-state index in [1.165, 1.54) is 12.7 Å². The second-order valence-corrected chi connectivity index (χ2v) is 6.19. The van der Waals surface area contributed by atoms with Gasteiger partial charge in [-0.2, -0.15) is 0 Å². The number of nitrogens with zero attached hydrogens (tertiary/aromatic N) is 2. The standard InChI is InChI=1S/C20H24N2O2/c1-24-20(23)19-10-6-5-9-18(19)16-22-13-11-21(12-14-22)15-17-7-3-2-4-8-17/h2-10H,11-16H2,1H3. The van der Waals surface area contributed by atoms with E-state index in [0.717, 1.165) is 44.8 Å². The van der Waals surface area contributed by atoms with Crippen LogP contribution in [0.1, 0.15) is 21.5 Å². The molecule has 0 radical (unpaired) electrons. The summed E-state index contributed by atoms with van der Waals surface area (Å²) in [6.45, 7) is 5.94. The van der Waals surface area contributed by atoms with Gasteiger partial charge in [0.2, 0.25) is 0 Å². The maximum Gasteiger partial charge on any atom is 0.338 e. The molecule has 1 heterocycles. The van der Waals surface area contributed by atoms with Gasteiger partial charge in [0.25, 0.3) is 0 Å². The third kappa shape index (κ3) is 4.22. The molecule has 1 aliphatic rings. The summed E-state index contributed by atoms with van der Waals surface area (Å²) in [6.07, 6.45) is 0. The van der Waals surface area contributed by atoms with E-state index in [2.05, 4.69) is 40.1 Å². The Morgan fingerprint density at radius 1 is 0.875 bits per heavy atom. The average molecular weight is 324 g/mol. The van der Waals surface area contributed by atoms with Crippen molar-refractivity contribution in [1.29, 1.82) is 0 Å². The summed E-state index contributed by atoms with van der Waals surface area (Å²) in [5, 5.41) is 0. The first-order valence-electron chi connectivity index (χ1n) is 8.41. The van der Waals surface area contributed by atoms with Gasteiger partial charge in [0, 0.05) is 39.3 Å². The molecule has 4 heteroatoms. The number of methoxy groups -OCH3 is 1. The van der Waals surface area contributed by atoms with Crippen LogP contribution in [0.4, 0.5) is 0 Å². The SMILES string of the molecule is COC(=O)c1ccccc1CN1CCN(Cc2ccccc2)CC1. The molecule has 0 amide bonds. The molecule has 0 spiro atoms. The fourth-order valence-corrected chi connectivity index (χ4v) is 3.16. The Kier molecular flexibility index (Phi) is 5.62. The third-order valence-corrected chi connectivity index (χ3v) is 4.53. The van der Waals surface area contributed by atoms with Gasteiger partial charge in [-0.05, 0) is 17.2 Å². The zero-order valence-electron chi connectivity index (χ0n) is 14.1. The van der Waals surface area contributed by atoms with Gasteiger partial charge in [0.1, 0.15) is 0 Å². The van der Waals surface area contributed by atoms with Crippen LogP contribution in [-0.4, -0.2) is 49.1 Å². The minimum Gasteiger partial charge on any atom is -0.465 e. The second kappa shape index (κ2) is 8.08. The fourth-order valence-electron chi connectivity index (χ4n) is 3.16. The van der Waals surface area contributed by atoms with Crippen LogP contribution in [-0.2, 0) is 17.8 Å². The zero-order chi connectivity index (χ0) is 16.8. The normalized spacial score (nSPS) is 16.0. The van der Waals surface area contributed by atoms with Crippen LogP contribution in [0.15, 0.2) is 54.6 Å². The maximum absolute atomic E-state index is 11.9. The van der Waals surface area contributed by atoms with Crippen LogP contribution in [0.25, 0.3) is 0 Å². The van der Waals surface area contributed by atoms with Crippen molar-refractivity contribution < 1.29 is 9.53 Å². The van der Waals surface area contributed by atoms with Gasteiger partial charge < -0.3 is 4.74 Å². The van der Waals surface area contributed by atoms with Crippen molar-refractivity contribution in [2.45, 2.75) is 13.1 Å². The first kappa shape index (κ1) is 16.7. The van der Waals surface area contributed by atoms with Crippen LogP contribution in [0.2, 0.25) is 0 Å². The van der Waals surface area contributed by atoms with E-state index < -0.39 is 0 Å². The molecule has 1 fully saturated rings. The van der Waals surface area contributed by atoms with Gasteiger partial charge >= 0.3 is 5.97 Å². The van der Waals surface area contributed by atoms with Crippen molar-refractivity contribution in [3.63, 3.8) is 0 Å². The Morgan fingerprint density at radius 2 is 1.46 bits per heavy atom. The van der Waals surface area contributed by atoms with Crippen molar-refractivity contribution in [3.8, 4) is 0 Å². The molecule has 0 N–H and O–H groups in total. The number of rotatable bonds is 5. The highest BCUT2D eigenvalue weighted by Crippen LogP contribution is 2.15. The Morgan fingerprint density at radius 3 is 2.12 bits per heavy atom. The molecule has 1 saturated heterocycles. The number of piperazine rings is 1.